The highest BCUT2D eigenvalue weighted by molar-refractivity contribution is 5.68. The maximum Gasteiger partial charge on any atom is 0.251 e. The van der Waals surface area contributed by atoms with Gasteiger partial charge in [-0.05, 0) is 41.5 Å². The molecule has 114 valence electrons. The molecule has 0 fully saturated rings. The molecular weight excluding hydrogens is 282 g/mol. The average molecular weight is 301 g/mol. The van der Waals surface area contributed by atoms with Crippen molar-refractivity contribution in [2.75, 3.05) is 0 Å². The van der Waals surface area contributed by atoms with Crippen LogP contribution in [0.4, 0.5) is 0 Å². The van der Waals surface area contributed by atoms with E-state index in [1.54, 1.807) is 0 Å². The molecule has 0 saturated carbocycles. The van der Waals surface area contributed by atoms with Crippen molar-refractivity contribution in [3.05, 3.63) is 93.9 Å². The predicted molar refractivity (Wildman–Crippen MR) is 93.7 cm³/mol. The van der Waals surface area contributed by atoms with Crippen LogP contribution in [0.5, 0.6) is 0 Å². The molecule has 3 aromatic rings. The molecule has 0 spiro atoms. The van der Waals surface area contributed by atoms with Gasteiger partial charge >= 0.3 is 0 Å². The van der Waals surface area contributed by atoms with Crippen LogP contribution in [-0.2, 0) is 19.4 Å². The molecule has 0 atom stereocenters. The van der Waals surface area contributed by atoms with E-state index in [1.807, 2.05) is 47.0 Å². The van der Waals surface area contributed by atoms with Gasteiger partial charge < -0.3 is 4.57 Å². The summed E-state index contributed by atoms with van der Waals surface area (Å²) in [6, 6.07) is 22.3. The first-order valence-electron chi connectivity index (χ1n) is 8.18. The van der Waals surface area contributed by atoms with E-state index in [1.165, 1.54) is 16.8 Å². The van der Waals surface area contributed by atoms with E-state index in [0.717, 1.165) is 30.4 Å². The largest absolute Gasteiger partial charge is 0.308 e. The molecule has 2 aromatic carbocycles. The first-order chi connectivity index (χ1) is 11.3. The summed E-state index contributed by atoms with van der Waals surface area (Å²) in [6.45, 7) is 0.664. The Balaban J connectivity index is 1.84. The Morgan fingerprint density at radius 3 is 2.30 bits per heavy atom. The van der Waals surface area contributed by atoms with Crippen LogP contribution in [0.25, 0.3) is 11.1 Å². The molecule has 0 unspecified atom stereocenters. The number of hydrogen-bond acceptors (Lipinski definition) is 1. The van der Waals surface area contributed by atoms with E-state index < -0.39 is 0 Å². The molecule has 0 bridgehead atoms. The second-order valence-electron chi connectivity index (χ2n) is 6.11. The summed E-state index contributed by atoms with van der Waals surface area (Å²) < 4.78 is 1.96. The Bertz CT molecular complexity index is 879. The Morgan fingerprint density at radius 1 is 0.870 bits per heavy atom. The quantitative estimate of drug-likeness (QED) is 0.715. The van der Waals surface area contributed by atoms with Crippen molar-refractivity contribution in [1.29, 1.82) is 0 Å². The summed E-state index contributed by atoms with van der Waals surface area (Å²) >= 11 is 0. The van der Waals surface area contributed by atoms with Crippen LogP contribution >= 0.6 is 0 Å². The van der Waals surface area contributed by atoms with E-state index in [-0.39, 0.29) is 5.56 Å². The van der Waals surface area contributed by atoms with E-state index >= 15 is 0 Å². The lowest BCUT2D eigenvalue weighted by atomic mass is 9.99. The predicted octanol–water partition coefficient (Wildman–Crippen LogP) is 4.05. The Morgan fingerprint density at radius 2 is 1.57 bits per heavy atom. The lowest BCUT2D eigenvalue weighted by Gasteiger charge is -2.16. The highest BCUT2D eigenvalue weighted by Gasteiger charge is 2.21. The van der Waals surface area contributed by atoms with Crippen LogP contribution in [0.1, 0.15) is 23.2 Å². The SMILES string of the molecule is O=c1cc(-c2ccccc2)c2c(n1Cc1ccccc1)CCC2. The molecule has 1 aliphatic carbocycles. The zero-order valence-electron chi connectivity index (χ0n) is 13.0. The zero-order chi connectivity index (χ0) is 15.6. The van der Waals surface area contributed by atoms with Crippen molar-refractivity contribution >= 4 is 0 Å². The molecule has 0 radical (unpaired) electrons. The van der Waals surface area contributed by atoms with Crippen molar-refractivity contribution in [2.45, 2.75) is 25.8 Å². The molecule has 0 saturated heterocycles. The van der Waals surface area contributed by atoms with Gasteiger partial charge in [0.15, 0.2) is 0 Å². The third-order valence-electron chi connectivity index (χ3n) is 4.64. The number of rotatable bonds is 3. The van der Waals surface area contributed by atoms with Gasteiger partial charge in [-0.1, -0.05) is 60.7 Å². The van der Waals surface area contributed by atoms with Crippen LogP contribution < -0.4 is 5.56 Å². The first-order valence-corrected chi connectivity index (χ1v) is 8.18. The smallest absolute Gasteiger partial charge is 0.251 e. The monoisotopic (exact) mass is 301 g/mol. The number of hydrogen-bond donors (Lipinski definition) is 0. The Kier molecular flexibility index (Phi) is 3.58. The van der Waals surface area contributed by atoms with Crippen LogP contribution in [0.3, 0.4) is 0 Å². The lowest BCUT2D eigenvalue weighted by Crippen LogP contribution is -2.24. The van der Waals surface area contributed by atoms with Gasteiger partial charge in [0.05, 0.1) is 6.54 Å². The number of nitrogens with zero attached hydrogens (tertiary/aromatic N) is 1. The molecule has 2 heteroatoms. The highest BCUT2D eigenvalue weighted by atomic mass is 16.1. The van der Waals surface area contributed by atoms with Gasteiger partial charge in [0.25, 0.3) is 5.56 Å². The minimum Gasteiger partial charge on any atom is -0.308 e. The molecule has 0 amide bonds. The molecule has 1 aliphatic rings. The minimum absolute atomic E-state index is 0.105. The van der Waals surface area contributed by atoms with Gasteiger partial charge in [-0.15, -0.1) is 0 Å². The van der Waals surface area contributed by atoms with Gasteiger partial charge in [-0.2, -0.15) is 0 Å². The molecule has 0 N–H and O–H groups in total. The first kappa shape index (κ1) is 14.0. The van der Waals surface area contributed by atoms with Crippen molar-refractivity contribution in [3.8, 4) is 11.1 Å². The summed E-state index contributed by atoms with van der Waals surface area (Å²) in [7, 11) is 0. The molecule has 0 aliphatic heterocycles. The van der Waals surface area contributed by atoms with Crippen molar-refractivity contribution in [1.82, 2.24) is 4.57 Å². The second-order valence-corrected chi connectivity index (χ2v) is 6.11. The zero-order valence-corrected chi connectivity index (χ0v) is 13.0. The van der Waals surface area contributed by atoms with Gasteiger partial charge in [0.1, 0.15) is 0 Å². The fourth-order valence-corrected chi connectivity index (χ4v) is 3.55. The average Bonchev–Trinajstić information content (AvgIpc) is 3.08. The molecule has 2 nitrogen and oxygen atoms in total. The Hall–Kier alpha value is -2.61. The van der Waals surface area contributed by atoms with Crippen molar-refractivity contribution in [3.63, 3.8) is 0 Å². The third kappa shape index (κ3) is 2.61. The number of fused-ring (bicyclic) bond motifs is 1. The van der Waals surface area contributed by atoms with Gasteiger partial charge in [-0.25, -0.2) is 0 Å². The van der Waals surface area contributed by atoms with Crippen molar-refractivity contribution in [2.24, 2.45) is 0 Å². The van der Waals surface area contributed by atoms with Crippen LogP contribution in [0.2, 0.25) is 0 Å². The summed E-state index contributed by atoms with van der Waals surface area (Å²) in [5.41, 5.74) is 6.12. The highest BCUT2D eigenvalue weighted by Crippen LogP contribution is 2.31. The lowest BCUT2D eigenvalue weighted by molar-refractivity contribution is 0.708. The van der Waals surface area contributed by atoms with E-state index in [2.05, 4.69) is 24.3 Å². The van der Waals surface area contributed by atoms with Gasteiger partial charge in [-0.3, -0.25) is 4.79 Å². The summed E-state index contributed by atoms with van der Waals surface area (Å²) in [5.74, 6) is 0. The summed E-state index contributed by atoms with van der Waals surface area (Å²) in [4.78, 5) is 12.7. The summed E-state index contributed by atoms with van der Waals surface area (Å²) in [6.07, 6.45) is 3.19. The second kappa shape index (κ2) is 5.88. The molecule has 1 aromatic heterocycles. The fraction of sp³-hybridized carbons (Fsp3) is 0.190. The standard InChI is InChI=1S/C21H19NO/c23-21-14-19(17-10-5-2-6-11-17)18-12-7-13-20(18)22(21)15-16-8-3-1-4-9-16/h1-6,8-11,14H,7,12-13,15H2. The normalized spacial score (nSPS) is 13.0. The fourth-order valence-electron chi connectivity index (χ4n) is 3.55. The Labute approximate surface area is 136 Å². The number of aromatic nitrogens is 1. The molecule has 4 rings (SSSR count). The maximum atomic E-state index is 12.7. The van der Waals surface area contributed by atoms with Crippen LogP contribution in [-0.4, -0.2) is 4.57 Å². The molecular formula is C21H19NO. The molecule has 23 heavy (non-hydrogen) atoms. The number of benzene rings is 2. The minimum atomic E-state index is 0.105. The summed E-state index contributed by atoms with van der Waals surface area (Å²) in [5, 5.41) is 0. The maximum absolute atomic E-state index is 12.7. The van der Waals surface area contributed by atoms with Crippen molar-refractivity contribution < 1.29 is 0 Å². The van der Waals surface area contributed by atoms with E-state index in [4.69, 9.17) is 0 Å². The van der Waals surface area contributed by atoms with Gasteiger partial charge in [0.2, 0.25) is 0 Å². The molecule has 1 heterocycles. The number of pyridine rings is 1. The van der Waals surface area contributed by atoms with E-state index in [9.17, 15) is 4.79 Å². The van der Waals surface area contributed by atoms with Crippen LogP contribution in [0, 0.1) is 0 Å². The van der Waals surface area contributed by atoms with Gasteiger partial charge in [0, 0.05) is 11.8 Å². The topological polar surface area (TPSA) is 22.0 Å². The third-order valence-corrected chi connectivity index (χ3v) is 4.64. The van der Waals surface area contributed by atoms with Crippen LogP contribution in [0.15, 0.2) is 71.5 Å². The van der Waals surface area contributed by atoms with E-state index in [0.29, 0.717) is 6.54 Å².